The smallest absolute Gasteiger partial charge is 0.237 e. The van der Waals surface area contributed by atoms with E-state index < -0.39 is 0 Å². The maximum atomic E-state index is 12.1. The summed E-state index contributed by atoms with van der Waals surface area (Å²) in [6.07, 6.45) is 0. The average molecular weight is 355 g/mol. The molecular weight excluding hydrogens is 340 g/mol. The molecule has 0 aliphatic carbocycles. The number of hydrogen-bond donors (Lipinski definition) is 1. The van der Waals surface area contributed by atoms with Crippen molar-refractivity contribution in [1.29, 1.82) is 0 Å². The highest BCUT2D eigenvalue weighted by Gasteiger charge is 2.18. The second-order valence-electron chi connectivity index (χ2n) is 4.35. The molecule has 0 spiro atoms. The number of hydrogen-bond acceptors (Lipinski definition) is 4. The van der Waals surface area contributed by atoms with E-state index in [4.69, 9.17) is 0 Å². The van der Waals surface area contributed by atoms with Gasteiger partial charge in [0.1, 0.15) is 5.82 Å². The average Bonchev–Trinajstić information content (AvgIpc) is 2.70. The summed E-state index contributed by atoms with van der Waals surface area (Å²) in [5, 5.41) is 11.4. The number of rotatable bonds is 4. The maximum absolute atomic E-state index is 12.1. The SMILES string of the molecule is Cc1nnc(S[C@@H](C)C(=O)Nc2cccc(Br)c2)n1C. The second-order valence-corrected chi connectivity index (χ2v) is 6.57. The summed E-state index contributed by atoms with van der Waals surface area (Å²) in [7, 11) is 1.89. The van der Waals surface area contributed by atoms with Crippen molar-refractivity contribution in [2.24, 2.45) is 7.05 Å². The lowest BCUT2D eigenvalue weighted by Crippen LogP contribution is -2.22. The van der Waals surface area contributed by atoms with Crippen molar-refractivity contribution >= 4 is 39.3 Å². The van der Waals surface area contributed by atoms with Gasteiger partial charge < -0.3 is 9.88 Å². The van der Waals surface area contributed by atoms with Gasteiger partial charge in [-0.1, -0.05) is 33.8 Å². The van der Waals surface area contributed by atoms with E-state index in [1.54, 1.807) is 0 Å². The number of anilines is 1. The van der Waals surface area contributed by atoms with Crippen LogP contribution in [0.4, 0.5) is 5.69 Å². The summed E-state index contributed by atoms with van der Waals surface area (Å²) in [6, 6.07) is 7.51. The molecule has 0 aliphatic rings. The van der Waals surface area contributed by atoms with E-state index in [0.717, 1.165) is 21.1 Å². The second kappa shape index (κ2) is 6.41. The molecule has 1 atom stereocenters. The molecule has 0 unspecified atom stereocenters. The third kappa shape index (κ3) is 3.61. The quantitative estimate of drug-likeness (QED) is 0.857. The predicted molar refractivity (Wildman–Crippen MR) is 83.8 cm³/mol. The Bertz CT molecular complexity index is 629. The van der Waals surface area contributed by atoms with Crippen molar-refractivity contribution in [3.8, 4) is 0 Å². The largest absolute Gasteiger partial charge is 0.325 e. The number of amides is 1. The van der Waals surface area contributed by atoms with Crippen LogP contribution in [0.2, 0.25) is 0 Å². The molecule has 1 heterocycles. The van der Waals surface area contributed by atoms with E-state index in [1.165, 1.54) is 11.8 Å². The zero-order chi connectivity index (χ0) is 14.7. The Balaban J connectivity index is 2.00. The molecule has 7 heteroatoms. The van der Waals surface area contributed by atoms with Crippen LogP contribution < -0.4 is 5.32 Å². The Morgan fingerprint density at radius 2 is 2.20 bits per heavy atom. The van der Waals surface area contributed by atoms with Gasteiger partial charge in [-0.2, -0.15) is 0 Å². The van der Waals surface area contributed by atoms with E-state index in [9.17, 15) is 4.79 Å². The summed E-state index contributed by atoms with van der Waals surface area (Å²) >= 11 is 4.77. The van der Waals surface area contributed by atoms with Crippen LogP contribution in [-0.2, 0) is 11.8 Å². The van der Waals surface area contributed by atoms with Crippen molar-refractivity contribution < 1.29 is 4.79 Å². The first-order chi connectivity index (χ1) is 9.47. The molecule has 2 rings (SSSR count). The Hall–Kier alpha value is -1.34. The molecule has 20 heavy (non-hydrogen) atoms. The van der Waals surface area contributed by atoms with Crippen molar-refractivity contribution in [3.63, 3.8) is 0 Å². The fraction of sp³-hybridized carbons (Fsp3) is 0.308. The van der Waals surface area contributed by atoms with Gasteiger partial charge in [0.05, 0.1) is 5.25 Å². The minimum Gasteiger partial charge on any atom is -0.325 e. The molecule has 0 saturated heterocycles. The van der Waals surface area contributed by atoms with Crippen LogP contribution in [0, 0.1) is 6.92 Å². The number of thioether (sulfide) groups is 1. The van der Waals surface area contributed by atoms with Crippen molar-refractivity contribution in [2.75, 3.05) is 5.32 Å². The van der Waals surface area contributed by atoms with Crippen LogP contribution in [0.1, 0.15) is 12.7 Å². The number of aryl methyl sites for hydroxylation is 1. The van der Waals surface area contributed by atoms with Crippen LogP contribution in [0.15, 0.2) is 33.9 Å². The highest BCUT2D eigenvalue weighted by atomic mass is 79.9. The van der Waals surface area contributed by atoms with Crippen LogP contribution >= 0.6 is 27.7 Å². The van der Waals surface area contributed by atoms with E-state index >= 15 is 0 Å². The number of nitrogens with zero attached hydrogens (tertiary/aromatic N) is 3. The van der Waals surface area contributed by atoms with Gasteiger partial charge in [0.25, 0.3) is 0 Å². The minimum atomic E-state index is -0.253. The number of carbonyl (C=O) groups excluding carboxylic acids is 1. The Kier molecular flexibility index (Phi) is 4.82. The van der Waals surface area contributed by atoms with Gasteiger partial charge in [0.2, 0.25) is 5.91 Å². The van der Waals surface area contributed by atoms with Gasteiger partial charge in [-0.15, -0.1) is 10.2 Å². The van der Waals surface area contributed by atoms with Gasteiger partial charge in [-0.3, -0.25) is 4.79 Å². The molecule has 0 aliphatic heterocycles. The zero-order valence-corrected chi connectivity index (χ0v) is 13.8. The highest BCUT2D eigenvalue weighted by Crippen LogP contribution is 2.23. The fourth-order valence-electron chi connectivity index (χ4n) is 1.51. The number of carbonyl (C=O) groups is 1. The number of aromatic nitrogens is 3. The van der Waals surface area contributed by atoms with Crippen LogP contribution in [0.3, 0.4) is 0 Å². The molecule has 0 saturated carbocycles. The predicted octanol–water partition coefficient (Wildman–Crippen LogP) is 3.01. The Morgan fingerprint density at radius 1 is 1.45 bits per heavy atom. The molecule has 1 aromatic carbocycles. The van der Waals surface area contributed by atoms with E-state index in [0.29, 0.717) is 0 Å². The lowest BCUT2D eigenvalue weighted by Gasteiger charge is -2.11. The highest BCUT2D eigenvalue weighted by molar-refractivity contribution is 9.10. The van der Waals surface area contributed by atoms with E-state index in [2.05, 4.69) is 31.4 Å². The molecule has 0 bridgehead atoms. The van der Waals surface area contributed by atoms with Gasteiger partial charge in [-0.25, -0.2) is 0 Å². The first-order valence-corrected chi connectivity index (χ1v) is 7.73. The summed E-state index contributed by atoms with van der Waals surface area (Å²) in [5.41, 5.74) is 0.769. The van der Waals surface area contributed by atoms with Crippen molar-refractivity contribution in [1.82, 2.24) is 14.8 Å². The fourth-order valence-corrected chi connectivity index (χ4v) is 2.77. The standard InChI is InChI=1S/C13H15BrN4OS/c1-8(20-13-17-16-9(2)18(13)3)12(19)15-11-6-4-5-10(14)7-11/h4-8H,1-3H3,(H,15,19)/t8-/m0/s1. The molecular formula is C13H15BrN4OS. The van der Waals surface area contributed by atoms with Crippen molar-refractivity contribution in [2.45, 2.75) is 24.3 Å². The van der Waals surface area contributed by atoms with Crippen LogP contribution in [0.5, 0.6) is 0 Å². The minimum absolute atomic E-state index is 0.0613. The number of nitrogens with one attached hydrogen (secondary N) is 1. The van der Waals surface area contributed by atoms with Crippen LogP contribution in [-0.4, -0.2) is 25.9 Å². The molecule has 1 aromatic heterocycles. The topological polar surface area (TPSA) is 59.8 Å². The summed E-state index contributed by atoms with van der Waals surface area (Å²) < 4.78 is 2.80. The van der Waals surface area contributed by atoms with E-state index in [1.807, 2.05) is 49.7 Å². The molecule has 0 fully saturated rings. The molecule has 0 radical (unpaired) electrons. The molecule has 1 N–H and O–H groups in total. The first-order valence-electron chi connectivity index (χ1n) is 6.06. The van der Waals surface area contributed by atoms with Gasteiger partial charge in [0, 0.05) is 17.2 Å². The third-order valence-electron chi connectivity index (χ3n) is 2.80. The lowest BCUT2D eigenvalue weighted by atomic mass is 10.3. The van der Waals surface area contributed by atoms with Gasteiger partial charge in [-0.05, 0) is 32.0 Å². The van der Waals surface area contributed by atoms with Gasteiger partial charge >= 0.3 is 0 Å². The van der Waals surface area contributed by atoms with Gasteiger partial charge in [0.15, 0.2) is 5.16 Å². The maximum Gasteiger partial charge on any atom is 0.237 e. The summed E-state index contributed by atoms with van der Waals surface area (Å²) in [4.78, 5) is 12.1. The monoisotopic (exact) mass is 354 g/mol. The van der Waals surface area contributed by atoms with E-state index in [-0.39, 0.29) is 11.2 Å². The number of halogens is 1. The molecule has 5 nitrogen and oxygen atoms in total. The molecule has 2 aromatic rings. The summed E-state index contributed by atoms with van der Waals surface area (Å²) in [6.45, 7) is 3.73. The molecule has 106 valence electrons. The molecule has 1 amide bonds. The van der Waals surface area contributed by atoms with Crippen LogP contribution in [0.25, 0.3) is 0 Å². The third-order valence-corrected chi connectivity index (χ3v) is 4.42. The first kappa shape index (κ1) is 15.1. The Labute approximate surface area is 130 Å². The summed E-state index contributed by atoms with van der Waals surface area (Å²) in [5.74, 6) is 0.765. The lowest BCUT2D eigenvalue weighted by molar-refractivity contribution is -0.115. The zero-order valence-electron chi connectivity index (χ0n) is 11.4. The van der Waals surface area contributed by atoms with Crippen molar-refractivity contribution in [3.05, 3.63) is 34.6 Å². The normalized spacial score (nSPS) is 12.2. The number of benzene rings is 1. The Morgan fingerprint density at radius 3 is 2.80 bits per heavy atom.